The predicted octanol–water partition coefficient (Wildman–Crippen LogP) is 3.46. The van der Waals surface area contributed by atoms with Gasteiger partial charge in [-0.05, 0) is 17.7 Å². The molecule has 0 N–H and O–H groups in total. The molecule has 0 amide bonds. The van der Waals surface area contributed by atoms with E-state index in [2.05, 4.69) is 45.9 Å². The SMILES string of the molecule is c1ccc(Cc2cncn2-c2ccccc2)cc1. The first kappa shape index (κ1) is 10.8. The van der Waals surface area contributed by atoms with Crippen LogP contribution in [0.25, 0.3) is 5.69 Å². The molecule has 0 aliphatic rings. The molecule has 2 nitrogen and oxygen atoms in total. The molecule has 3 aromatic rings. The number of aromatic nitrogens is 2. The maximum absolute atomic E-state index is 4.26. The minimum absolute atomic E-state index is 0.899. The molecule has 0 unspecified atom stereocenters. The first-order valence-electron chi connectivity index (χ1n) is 6.04. The van der Waals surface area contributed by atoms with E-state index in [0.29, 0.717) is 0 Å². The van der Waals surface area contributed by atoms with E-state index < -0.39 is 0 Å². The van der Waals surface area contributed by atoms with Gasteiger partial charge in [-0.3, -0.25) is 0 Å². The molecule has 1 aromatic heterocycles. The van der Waals surface area contributed by atoms with Crippen molar-refractivity contribution in [1.82, 2.24) is 9.55 Å². The molecule has 0 atom stereocenters. The minimum atomic E-state index is 0.899. The lowest BCUT2D eigenvalue weighted by atomic mass is 10.1. The van der Waals surface area contributed by atoms with E-state index in [4.69, 9.17) is 0 Å². The van der Waals surface area contributed by atoms with Gasteiger partial charge in [-0.2, -0.15) is 0 Å². The van der Waals surface area contributed by atoms with Crippen molar-refractivity contribution >= 4 is 0 Å². The largest absolute Gasteiger partial charge is 0.303 e. The van der Waals surface area contributed by atoms with Crippen LogP contribution in [0.4, 0.5) is 0 Å². The Morgan fingerprint density at radius 3 is 2.22 bits per heavy atom. The van der Waals surface area contributed by atoms with Crippen molar-refractivity contribution in [3.63, 3.8) is 0 Å². The lowest BCUT2D eigenvalue weighted by Crippen LogP contribution is -1.99. The molecule has 2 heteroatoms. The van der Waals surface area contributed by atoms with E-state index in [0.717, 1.165) is 12.1 Å². The molecule has 0 saturated carbocycles. The summed E-state index contributed by atoms with van der Waals surface area (Å²) < 4.78 is 2.13. The molecular weight excluding hydrogens is 220 g/mol. The van der Waals surface area contributed by atoms with Crippen LogP contribution in [0.15, 0.2) is 73.2 Å². The summed E-state index contributed by atoms with van der Waals surface area (Å²) >= 11 is 0. The van der Waals surface area contributed by atoms with Gasteiger partial charge in [-0.25, -0.2) is 4.98 Å². The molecule has 3 rings (SSSR count). The van der Waals surface area contributed by atoms with Crippen LogP contribution in [0.2, 0.25) is 0 Å². The summed E-state index contributed by atoms with van der Waals surface area (Å²) in [5.41, 5.74) is 3.66. The van der Waals surface area contributed by atoms with Crippen molar-refractivity contribution in [3.05, 3.63) is 84.4 Å². The summed E-state index contributed by atoms with van der Waals surface area (Å²) in [6.07, 6.45) is 4.70. The van der Waals surface area contributed by atoms with E-state index in [1.807, 2.05) is 36.8 Å². The van der Waals surface area contributed by atoms with Crippen LogP contribution in [0, 0.1) is 0 Å². The van der Waals surface area contributed by atoms with Gasteiger partial charge in [-0.1, -0.05) is 48.5 Å². The third-order valence-electron chi connectivity index (χ3n) is 2.98. The number of hydrogen-bond acceptors (Lipinski definition) is 1. The van der Waals surface area contributed by atoms with Gasteiger partial charge in [-0.15, -0.1) is 0 Å². The van der Waals surface area contributed by atoms with Gasteiger partial charge in [0.2, 0.25) is 0 Å². The van der Waals surface area contributed by atoms with Gasteiger partial charge < -0.3 is 4.57 Å². The summed E-state index contributed by atoms with van der Waals surface area (Å²) in [5, 5.41) is 0. The first-order chi connectivity index (χ1) is 8.93. The molecule has 0 aliphatic heterocycles. The fraction of sp³-hybridized carbons (Fsp3) is 0.0625. The number of imidazole rings is 1. The Balaban J connectivity index is 1.93. The van der Waals surface area contributed by atoms with E-state index in [9.17, 15) is 0 Å². The van der Waals surface area contributed by atoms with Crippen LogP contribution in [0.5, 0.6) is 0 Å². The molecule has 0 spiro atoms. The van der Waals surface area contributed by atoms with E-state index in [-0.39, 0.29) is 0 Å². The molecule has 0 saturated heterocycles. The highest BCUT2D eigenvalue weighted by molar-refractivity contribution is 5.34. The Hall–Kier alpha value is -2.35. The minimum Gasteiger partial charge on any atom is -0.303 e. The maximum atomic E-state index is 4.26. The summed E-state index contributed by atoms with van der Waals surface area (Å²) in [6.45, 7) is 0. The standard InChI is InChI=1S/C16H14N2/c1-3-7-14(8-4-1)11-16-12-17-13-18(16)15-9-5-2-6-10-15/h1-10,12-13H,11H2. The molecule has 0 radical (unpaired) electrons. The van der Waals surface area contributed by atoms with Gasteiger partial charge in [0.15, 0.2) is 0 Å². The molecule has 1 heterocycles. The average Bonchev–Trinajstić information content (AvgIpc) is 2.89. The highest BCUT2D eigenvalue weighted by atomic mass is 15.0. The number of hydrogen-bond donors (Lipinski definition) is 0. The van der Waals surface area contributed by atoms with E-state index in [1.165, 1.54) is 11.3 Å². The summed E-state index contributed by atoms with van der Waals surface area (Å²) in [7, 11) is 0. The van der Waals surface area contributed by atoms with Crippen molar-refractivity contribution in [2.75, 3.05) is 0 Å². The second-order valence-corrected chi connectivity index (χ2v) is 4.25. The lowest BCUT2D eigenvalue weighted by Gasteiger charge is -2.07. The monoisotopic (exact) mass is 234 g/mol. The second-order valence-electron chi connectivity index (χ2n) is 4.25. The zero-order valence-corrected chi connectivity index (χ0v) is 10.0. The smallest absolute Gasteiger partial charge is 0.0994 e. The highest BCUT2D eigenvalue weighted by Crippen LogP contribution is 2.14. The number of benzene rings is 2. The van der Waals surface area contributed by atoms with Crippen LogP contribution >= 0.6 is 0 Å². The van der Waals surface area contributed by atoms with Gasteiger partial charge >= 0.3 is 0 Å². The van der Waals surface area contributed by atoms with Crippen molar-refractivity contribution in [2.24, 2.45) is 0 Å². The van der Waals surface area contributed by atoms with Crippen molar-refractivity contribution in [2.45, 2.75) is 6.42 Å². The van der Waals surface area contributed by atoms with Gasteiger partial charge in [0.05, 0.1) is 6.33 Å². The molecule has 18 heavy (non-hydrogen) atoms. The quantitative estimate of drug-likeness (QED) is 0.678. The van der Waals surface area contributed by atoms with Gasteiger partial charge in [0.1, 0.15) is 0 Å². The predicted molar refractivity (Wildman–Crippen MR) is 72.8 cm³/mol. The van der Waals surface area contributed by atoms with Crippen LogP contribution in [0.1, 0.15) is 11.3 Å². The second kappa shape index (κ2) is 4.88. The van der Waals surface area contributed by atoms with Crippen molar-refractivity contribution in [1.29, 1.82) is 0 Å². The molecule has 2 aromatic carbocycles. The fourth-order valence-electron chi connectivity index (χ4n) is 2.08. The van der Waals surface area contributed by atoms with Crippen molar-refractivity contribution < 1.29 is 0 Å². The summed E-state index contributed by atoms with van der Waals surface area (Å²) in [4.78, 5) is 4.26. The van der Waals surface area contributed by atoms with Crippen LogP contribution in [0.3, 0.4) is 0 Å². The first-order valence-corrected chi connectivity index (χ1v) is 6.04. The maximum Gasteiger partial charge on any atom is 0.0994 e. The summed E-state index contributed by atoms with van der Waals surface area (Å²) in [6, 6.07) is 20.8. The van der Waals surface area contributed by atoms with Crippen LogP contribution < -0.4 is 0 Å². The lowest BCUT2D eigenvalue weighted by molar-refractivity contribution is 0.955. The Labute approximate surface area is 107 Å². The molecular formula is C16H14N2. The Morgan fingerprint density at radius 1 is 0.833 bits per heavy atom. The third kappa shape index (κ3) is 2.18. The molecule has 0 bridgehead atoms. The van der Waals surface area contributed by atoms with Crippen molar-refractivity contribution in [3.8, 4) is 5.69 Å². The topological polar surface area (TPSA) is 17.8 Å². The number of rotatable bonds is 3. The average molecular weight is 234 g/mol. The third-order valence-corrected chi connectivity index (χ3v) is 2.98. The normalized spacial score (nSPS) is 10.4. The zero-order valence-electron chi connectivity index (χ0n) is 10.0. The Bertz CT molecular complexity index is 612. The number of para-hydroxylation sites is 1. The van der Waals surface area contributed by atoms with E-state index >= 15 is 0 Å². The van der Waals surface area contributed by atoms with E-state index in [1.54, 1.807) is 0 Å². The molecule has 0 fully saturated rings. The summed E-state index contributed by atoms with van der Waals surface area (Å²) in [5.74, 6) is 0. The van der Waals surface area contributed by atoms with Crippen LogP contribution in [-0.4, -0.2) is 9.55 Å². The Morgan fingerprint density at radius 2 is 1.50 bits per heavy atom. The zero-order chi connectivity index (χ0) is 12.2. The fourth-order valence-corrected chi connectivity index (χ4v) is 2.08. The highest BCUT2D eigenvalue weighted by Gasteiger charge is 2.04. The van der Waals surface area contributed by atoms with Crippen LogP contribution in [-0.2, 0) is 6.42 Å². The Kier molecular flexibility index (Phi) is 2.92. The number of nitrogens with zero attached hydrogens (tertiary/aromatic N) is 2. The molecule has 88 valence electrons. The van der Waals surface area contributed by atoms with Gasteiger partial charge in [0.25, 0.3) is 0 Å². The van der Waals surface area contributed by atoms with Gasteiger partial charge in [0, 0.05) is 24.0 Å². The molecule has 0 aliphatic carbocycles.